The van der Waals surface area contributed by atoms with Crippen molar-refractivity contribution in [1.29, 1.82) is 0 Å². The third-order valence-electron chi connectivity index (χ3n) is 4.69. The average Bonchev–Trinajstić information content (AvgIpc) is 2.60. The van der Waals surface area contributed by atoms with Crippen molar-refractivity contribution in [2.75, 3.05) is 0 Å². The molecule has 3 nitrogen and oxygen atoms in total. The van der Waals surface area contributed by atoms with Crippen molar-refractivity contribution >= 4 is 24.3 Å². The fourth-order valence-corrected chi connectivity index (χ4v) is 3.34. The molecule has 24 heavy (non-hydrogen) atoms. The summed E-state index contributed by atoms with van der Waals surface area (Å²) in [5.74, 6) is 0.660. The van der Waals surface area contributed by atoms with E-state index in [1.54, 1.807) is 6.92 Å². The molecular formula is C21H27NO2. The fourth-order valence-electron chi connectivity index (χ4n) is 3.34. The number of allylic oxidation sites excluding steroid dienone is 2. The van der Waals surface area contributed by atoms with E-state index in [0.29, 0.717) is 11.8 Å². The summed E-state index contributed by atoms with van der Waals surface area (Å²) in [4.78, 5) is 3.48. The summed E-state index contributed by atoms with van der Waals surface area (Å²) in [6.07, 6.45) is 11.1. The van der Waals surface area contributed by atoms with Crippen molar-refractivity contribution in [1.82, 2.24) is 4.98 Å². The lowest BCUT2D eigenvalue weighted by atomic mass is 9.96. The van der Waals surface area contributed by atoms with Crippen LogP contribution in [-0.4, -0.2) is 26.9 Å². The van der Waals surface area contributed by atoms with Crippen molar-refractivity contribution in [2.45, 2.75) is 46.3 Å². The van der Waals surface area contributed by atoms with Crippen molar-refractivity contribution in [2.24, 2.45) is 11.8 Å². The maximum atomic E-state index is 10.8. The van der Waals surface area contributed by atoms with E-state index in [0.717, 1.165) is 32.3 Å². The number of rotatable bonds is 2. The predicted molar refractivity (Wildman–Crippen MR) is 99.6 cm³/mol. The summed E-state index contributed by atoms with van der Waals surface area (Å²) in [5.41, 5.74) is 1.20. The zero-order chi connectivity index (χ0) is 17.6. The van der Waals surface area contributed by atoms with Crippen LogP contribution < -0.4 is 21.1 Å². The zero-order valence-corrected chi connectivity index (χ0v) is 15.1. The van der Waals surface area contributed by atoms with Gasteiger partial charge in [0.15, 0.2) is 0 Å². The van der Waals surface area contributed by atoms with Gasteiger partial charge in [0.25, 0.3) is 0 Å². The zero-order valence-electron chi connectivity index (χ0n) is 15.1. The van der Waals surface area contributed by atoms with E-state index in [9.17, 15) is 10.2 Å². The van der Waals surface area contributed by atoms with Gasteiger partial charge in [0, 0.05) is 21.1 Å². The molecule has 128 valence electrons. The van der Waals surface area contributed by atoms with Crippen LogP contribution in [0.2, 0.25) is 0 Å². The van der Waals surface area contributed by atoms with E-state index in [1.807, 2.05) is 24.3 Å². The number of aliphatic hydroxyl groups excluding tert-OH is 1. The second-order valence-corrected chi connectivity index (χ2v) is 7.72. The molecule has 2 unspecified atom stereocenters. The molecule has 3 N–H and O–H groups in total. The Morgan fingerprint density at radius 3 is 2.12 bits per heavy atom. The molecule has 3 rings (SSSR count). The predicted octanol–water partition coefficient (Wildman–Crippen LogP) is 0.441. The Kier molecular flexibility index (Phi) is 4.18. The number of hydrogen-bond donors (Lipinski definition) is 3. The molecule has 1 aromatic heterocycles. The molecule has 0 aliphatic heterocycles. The van der Waals surface area contributed by atoms with Crippen LogP contribution in [0.5, 0.6) is 0 Å². The number of aliphatic hydroxyl groups is 2. The highest BCUT2D eigenvalue weighted by Gasteiger charge is 2.19. The largest absolute Gasteiger partial charge is 0.385 e. The Bertz CT molecular complexity index is 953. The molecule has 0 fully saturated rings. The van der Waals surface area contributed by atoms with Gasteiger partial charge < -0.3 is 15.2 Å². The highest BCUT2D eigenvalue weighted by atomic mass is 16.3. The minimum atomic E-state index is -1.02. The van der Waals surface area contributed by atoms with Crippen LogP contribution in [0, 0.1) is 11.8 Å². The second-order valence-electron chi connectivity index (χ2n) is 7.72. The molecule has 2 aliphatic rings. The summed E-state index contributed by atoms with van der Waals surface area (Å²) < 4.78 is 0. The van der Waals surface area contributed by atoms with Crippen LogP contribution in [0.1, 0.15) is 34.6 Å². The normalized spacial score (nSPS) is 26.0. The van der Waals surface area contributed by atoms with Gasteiger partial charge in [0.2, 0.25) is 0 Å². The van der Waals surface area contributed by atoms with Crippen molar-refractivity contribution in [3.05, 3.63) is 44.4 Å². The number of H-pyrrole nitrogens is 1. The Morgan fingerprint density at radius 2 is 1.50 bits per heavy atom. The Hall–Kier alpha value is -1.84. The van der Waals surface area contributed by atoms with E-state index < -0.39 is 11.7 Å². The van der Waals surface area contributed by atoms with Gasteiger partial charge in [-0.25, -0.2) is 0 Å². The lowest BCUT2D eigenvalue weighted by Gasteiger charge is -2.16. The quantitative estimate of drug-likeness (QED) is 0.739. The van der Waals surface area contributed by atoms with Gasteiger partial charge in [-0.15, -0.1) is 0 Å². The molecule has 2 aliphatic carbocycles. The molecule has 0 aromatic carbocycles. The number of fused-ring (bicyclic) bond motifs is 3. The Balaban J connectivity index is 2.39. The Morgan fingerprint density at radius 1 is 0.917 bits per heavy atom. The van der Waals surface area contributed by atoms with E-state index in [2.05, 4.69) is 44.8 Å². The van der Waals surface area contributed by atoms with E-state index >= 15 is 0 Å². The molecule has 1 heterocycles. The van der Waals surface area contributed by atoms with E-state index in [4.69, 9.17) is 0 Å². The van der Waals surface area contributed by atoms with E-state index in [-0.39, 0.29) is 0 Å². The molecular weight excluding hydrogens is 298 g/mol. The Labute approximate surface area is 142 Å². The molecule has 0 saturated heterocycles. The third kappa shape index (κ3) is 3.19. The minimum absolute atomic E-state index is 0.323. The van der Waals surface area contributed by atoms with E-state index in [1.165, 1.54) is 0 Å². The van der Waals surface area contributed by atoms with Crippen LogP contribution in [0.3, 0.4) is 0 Å². The molecule has 0 radical (unpaired) electrons. The molecule has 2 atom stereocenters. The summed E-state index contributed by atoms with van der Waals surface area (Å²) in [5, 5.41) is 25.0. The number of nitrogens with one attached hydrogen (secondary N) is 1. The number of aromatic nitrogens is 1. The first-order valence-corrected chi connectivity index (χ1v) is 8.67. The monoisotopic (exact) mass is 325 g/mol. The standard InChI is InChI=1S/C21H27NO2/c1-12(2)14-6-16(23)9-17-18-11-21(5,24)10-15(13(3)4)8-20(18)22-19(17)7-14/h6-13,16,22-24H,1-5H3. The molecule has 0 spiro atoms. The van der Waals surface area contributed by atoms with Crippen LogP contribution in [0.15, 0.2) is 23.3 Å². The number of aromatic amines is 1. The molecule has 0 bridgehead atoms. The van der Waals surface area contributed by atoms with Gasteiger partial charge >= 0.3 is 0 Å². The average molecular weight is 325 g/mol. The van der Waals surface area contributed by atoms with Crippen LogP contribution in [0.4, 0.5) is 0 Å². The highest BCUT2D eigenvalue weighted by Crippen LogP contribution is 2.19. The van der Waals surface area contributed by atoms with Gasteiger partial charge in [-0.2, -0.15) is 0 Å². The second kappa shape index (κ2) is 5.91. The lowest BCUT2D eigenvalue weighted by molar-refractivity contribution is 0.179. The number of hydrogen-bond acceptors (Lipinski definition) is 2. The van der Waals surface area contributed by atoms with Crippen LogP contribution in [-0.2, 0) is 0 Å². The first kappa shape index (κ1) is 17.0. The maximum absolute atomic E-state index is 10.8. The topological polar surface area (TPSA) is 56.2 Å². The molecule has 0 amide bonds. The van der Waals surface area contributed by atoms with Crippen molar-refractivity contribution < 1.29 is 10.2 Å². The highest BCUT2D eigenvalue weighted by molar-refractivity contribution is 5.59. The first-order valence-electron chi connectivity index (χ1n) is 8.67. The summed E-state index contributed by atoms with van der Waals surface area (Å²) >= 11 is 0. The summed E-state index contributed by atoms with van der Waals surface area (Å²) in [6, 6.07) is 0. The fraction of sp³-hybridized carbons (Fsp3) is 0.429. The van der Waals surface area contributed by atoms with Gasteiger partial charge in [-0.3, -0.25) is 0 Å². The van der Waals surface area contributed by atoms with Crippen LogP contribution in [0.25, 0.3) is 24.3 Å². The van der Waals surface area contributed by atoms with Gasteiger partial charge in [-0.05, 0) is 66.4 Å². The van der Waals surface area contributed by atoms with Gasteiger partial charge in [-0.1, -0.05) is 27.7 Å². The van der Waals surface area contributed by atoms with Gasteiger partial charge in [0.05, 0.1) is 11.7 Å². The van der Waals surface area contributed by atoms with Crippen molar-refractivity contribution in [3.8, 4) is 0 Å². The molecule has 1 aromatic rings. The van der Waals surface area contributed by atoms with Crippen molar-refractivity contribution in [3.63, 3.8) is 0 Å². The molecule has 3 heteroatoms. The third-order valence-corrected chi connectivity index (χ3v) is 4.69. The first-order chi connectivity index (χ1) is 11.2. The molecule has 0 saturated carbocycles. The maximum Gasteiger partial charge on any atom is 0.0996 e. The smallest absolute Gasteiger partial charge is 0.0996 e. The van der Waals surface area contributed by atoms with Gasteiger partial charge in [0.1, 0.15) is 0 Å². The minimum Gasteiger partial charge on any atom is -0.385 e. The SMILES string of the molecule is CC(C)C1=CC(O)C=c2c([nH]c3c2=CC(C)(O)C=C(C(C)C)C=3)=C1. The summed E-state index contributed by atoms with van der Waals surface area (Å²) in [7, 11) is 0. The summed E-state index contributed by atoms with van der Waals surface area (Å²) in [6.45, 7) is 10.3. The van der Waals surface area contributed by atoms with Crippen LogP contribution >= 0.6 is 0 Å². The lowest BCUT2D eigenvalue weighted by Crippen LogP contribution is -2.40.